The average Bonchev–Trinajstić information content (AvgIpc) is 3.77. The van der Waals surface area contributed by atoms with Gasteiger partial charge in [0.2, 0.25) is 0 Å². The third-order valence-corrected chi connectivity index (χ3v) is 6.01. The van der Waals surface area contributed by atoms with Crippen LogP contribution >= 0.6 is 24.0 Å². The number of aromatic nitrogens is 6. The predicted octanol–water partition coefficient (Wildman–Crippen LogP) is 5.98. The van der Waals surface area contributed by atoms with Crippen LogP contribution in [0.15, 0.2) is 60.9 Å². The molecule has 3 N–H and O–H groups in total. The lowest BCUT2D eigenvalue weighted by atomic mass is 10.3. The molecule has 1 aromatic carbocycles. The number of anilines is 4. The van der Waals surface area contributed by atoms with Crippen molar-refractivity contribution in [3.8, 4) is 0 Å². The highest BCUT2D eigenvalue weighted by Gasteiger charge is 2.23. The minimum atomic E-state index is 0. The fourth-order valence-corrected chi connectivity index (χ4v) is 3.90. The molecular formula is C25H24Cl2N10. The summed E-state index contributed by atoms with van der Waals surface area (Å²) in [6, 6.07) is 15.9. The minimum Gasteiger partial charge on any atom is -0.367 e. The first-order chi connectivity index (χ1) is 17.6. The van der Waals surface area contributed by atoms with Gasteiger partial charge < -0.3 is 16.0 Å². The molecule has 188 valence electrons. The molecule has 0 aliphatic heterocycles. The predicted molar refractivity (Wildman–Crippen MR) is 148 cm³/mol. The normalized spacial score (nSPS) is 14.3. The smallest absolute Gasteiger partial charge is 0.187 e. The summed E-state index contributed by atoms with van der Waals surface area (Å²) in [5.41, 5.74) is 3.11. The van der Waals surface area contributed by atoms with Crippen molar-refractivity contribution in [2.24, 2.45) is 0 Å². The molecule has 4 heterocycles. The summed E-state index contributed by atoms with van der Waals surface area (Å²) in [6.07, 6.45) is 8.31. The number of nitrogens with zero attached hydrogens (tertiary/aromatic N) is 7. The number of hydrogen-bond donors (Lipinski definition) is 3. The Hall–Kier alpha value is -4.07. The van der Waals surface area contributed by atoms with Gasteiger partial charge in [0.15, 0.2) is 17.0 Å². The van der Waals surface area contributed by atoms with E-state index in [1.165, 1.54) is 25.7 Å². The Morgan fingerprint density at radius 2 is 1.38 bits per heavy atom. The van der Waals surface area contributed by atoms with E-state index in [-0.39, 0.29) is 12.4 Å². The van der Waals surface area contributed by atoms with Gasteiger partial charge in [0.1, 0.15) is 22.6 Å². The standard InChI is InChI=1S/C16H14N6.C9H9ClN4.ClH/c1-17-11-2-4-12(5-3-11)19-14-10-16(20-13-6-7-13)22-15(21-14)8-9-18-22;10-7-5-9(12-6-1-2-6)14-8(13-7)3-4-11-14;/h2-5,8-10,13,20H,6-7H2,(H,19,21);3-6,12H,1-2H2;1H. The Kier molecular flexibility index (Phi) is 6.99. The first-order valence-electron chi connectivity index (χ1n) is 11.8. The van der Waals surface area contributed by atoms with Crippen molar-refractivity contribution in [2.45, 2.75) is 37.8 Å². The molecule has 2 aliphatic carbocycles. The van der Waals surface area contributed by atoms with Gasteiger partial charge in [-0.3, -0.25) is 0 Å². The van der Waals surface area contributed by atoms with Crippen LogP contribution in [-0.2, 0) is 0 Å². The van der Waals surface area contributed by atoms with Gasteiger partial charge in [-0.25, -0.2) is 14.8 Å². The molecule has 0 unspecified atom stereocenters. The monoisotopic (exact) mass is 534 g/mol. The Morgan fingerprint density at radius 3 is 1.95 bits per heavy atom. The molecule has 0 atom stereocenters. The highest BCUT2D eigenvalue weighted by Crippen LogP contribution is 2.28. The second kappa shape index (κ2) is 10.5. The SMILES string of the molecule is Cl.Clc1cc(NC2CC2)n2nccc2n1.[C-]#[N+]c1ccc(Nc2cc(NC3CC3)n3nccc3n2)cc1. The zero-order valence-electron chi connectivity index (χ0n) is 19.7. The first kappa shape index (κ1) is 24.6. The van der Waals surface area contributed by atoms with Gasteiger partial charge in [0.25, 0.3) is 0 Å². The lowest BCUT2D eigenvalue weighted by molar-refractivity contribution is 0.924. The summed E-state index contributed by atoms with van der Waals surface area (Å²) in [5.74, 6) is 2.62. The van der Waals surface area contributed by atoms with Crippen LogP contribution in [0.5, 0.6) is 0 Å². The van der Waals surface area contributed by atoms with Gasteiger partial charge >= 0.3 is 0 Å². The van der Waals surface area contributed by atoms with E-state index in [0.29, 0.717) is 22.9 Å². The van der Waals surface area contributed by atoms with E-state index in [4.69, 9.17) is 18.2 Å². The van der Waals surface area contributed by atoms with Crippen molar-refractivity contribution < 1.29 is 0 Å². The van der Waals surface area contributed by atoms with Crippen LogP contribution < -0.4 is 16.0 Å². The lowest BCUT2D eigenvalue weighted by Gasteiger charge is -2.11. The van der Waals surface area contributed by atoms with Crippen molar-refractivity contribution in [2.75, 3.05) is 16.0 Å². The molecule has 37 heavy (non-hydrogen) atoms. The fraction of sp³-hybridized carbons (Fsp3) is 0.240. The van der Waals surface area contributed by atoms with Crippen LogP contribution in [0.4, 0.5) is 28.8 Å². The number of nitrogens with one attached hydrogen (secondary N) is 3. The highest BCUT2D eigenvalue weighted by atomic mass is 35.5. The molecule has 0 spiro atoms. The second-order valence-electron chi connectivity index (χ2n) is 8.81. The minimum absolute atomic E-state index is 0. The Morgan fingerprint density at radius 1 is 0.811 bits per heavy atom. The topological polar surface area (TPSA) is 101 Å². The van der Waals surface area contributed by atoms with Crippen LogP contribution in [0.3, 0.4) is 0 Å². The molecule has 5 aromatic rings. The van der Waals surface area contributed by atoms with E-state index in [0.717, 1.165) is 34.4 Å². The molecule has 12 heteroatoms. The molecule has 0 radical (unpaired) electrons. The summed E-state index contributed by atoms with van der Waals surface area (Å²) < 4.78 is 3.58. The van der Waals surface area contributed by atoms with Gasteiger partial charge in [-0.1, -0.05) is 23.7 Å². The van der Waals surface area contributed by atoms with E-state index >= 15 is 0 Å². The van der Waals surface area contributed by atoms with Gasteiger partial charge in [0, 0.05) is 42.0 Å². The second-order valence-corrected chi connectivity index (χ2v) is 9.20. The molecule has 10 nitrogen and oxygen atoms in total. The number of hydrogen-bond acceptors (Lipinski definition) is 7. The molecule has 7 rings (SSSR count). The maximum Gasteiger partial charge on any atom is 0.187 e. The number of rotatable bonds is 6. The first-order valence-corrected chi connectivity index (χ1v) is 12.1. The number of benzene rings is 1. The van der Waals surface area contributed by atoms with E-state index in [9.17, 15) is 0 Å². The number of halogens is 2. The van der Waals surface area contributed by atoms with Crippen LogP contribution in [0.25, 0.3) is 16.1 Å². The van der Waals surface area contributed by atoms with Crippen LogP contribution in [0, 0.1) is 6.57 Å². The third kappa shape index (κ3) is 5.85. The summed E-state index contributed by atoms with van der Waals surface area (Å²) in [6.45, 7) is 6.98. The third-order valence-electron chi connectivity index (χ3n) is 5.82. The summed E-state index contributed by atoms with van der Waals surface area (Å²) in [7, 11) is 0. The van der Waals surface area contributed by atoms with Crippen molar-refractivity contribution in [3.05, 3.63) is 77.5 Å². The Labute approximate surface area is 224 Å². The van der Waals surface area contributed by atoms with Crippen molar-refractivity contribution in [1.82, 2.24) is 29.2 Å². The van der Waals surface area contributed by atoms with Gasteiger partial charge in [-0.05, 0) is 37.8 Å². The Bertz CT molecular complexity index is 1560. The summed E-state index contributed by atoms with van der Waals surface area (Å²) in [4.78, 5) is 12.1. The molecule has 2 fully saturated rings. The van der Waals surface area contributed by atoms with Crippen LogP contribution in [0.1, 0.15) is 25.7 Å². The highest BCUT2D eigenvalue weighted by molar-refractivity contribution is 6.29. The molecule has 2 saturated carbocycles. The van der Waals surface area contributed by atoms with Gasteiger partial charge in [0.05, 0.1) is 19.0 Å². The zero-order chi connectivity index (χ0) is 24.5. The van der Waals surface area contributed by atoms with Gasteiger partial charge in [-0.15, -0.1) is 12.4 Å². The molecular weight excluding hydrogens is 511 g/mol. The Balaban J connectivity index is 0.000000161. The summed E-state index contributed by atoms with van der Waals surface area (Å²) in [5, 5.41) is 19.1. The average molecular weight is 535 g/mol. The van der Waals surface area contributed by atoms with Crippen molar-refractivity contribution in [1.29, 1.82) is 0 Å². The molecule has 4 aromatic heterocycles. The van der Waals surface area contributed by atoms with Gasteiger partial charge in [-0.2, -0.15) is 19.2 Å². The van der Waals surface area contributed by atoms with Crippen molar-refractivity contribution in [3.63, 3.8) is 0 Å². The van der Waals surface area contributed by atoms with E-state index in [2.05, 4.69) is 41.0 Å². The van der Waals surface area contributed by atoms with E-state index < -0.39 is 0 Å². The molecule has 0 amide bonds. The van der Waals surface area contributed by atoms with E-state index in [1.807, 2.05) is 34.8 Å². The largest absolute Gasteiger partial charge is 0.367 e. The zero-order valence-corrected chi connectivity index (χ0v) is 21.2. The quantitative estimate of drug-likeness (QED) is 0.182. The van der Waals surface area contributed by atoms with E-state index in [1.54, 1.807) is 35.1 Å². The van der Waals surface area contributed by atoms with Crippen LogP contribution in [0.2, 0.25) is 5.15 Å². The maximum absolute atomic E-state index is 6.98. The lowest BCUT2D eigenvalue weighted by Crippen LogP contribution is -2.08. The number of fused-ring (bicyclic) bond motifs is 2. The maximum atomic E-state index is 6.98. The van der Waals surface area contributed by atoms with Crippen molar-refractivity contribution >= 4 is 64.1 Å². The molecule has 2 aliphatic rings. The summed E-state index contributed by atoms with van der Waals surface area (Å²) >= 11 is 5.89. The molecule has 0 saturated heterocycles. The van der Waals surface area contributed by atoms with Crippen LogP contribution in [-0.4, -0.2) is 41.3 Å². The molecule has 0 bridgehead atoms. The fourth-order valence-electron chi connectivity index (χ4n) is 3.71.